The maximum absolute atomic E-state index is 8.92. The summed E-state index contributed by atoms with van der Waals surface area (Å²) < 4.78 is 5.18. The van der Waals surface area contributed by atoms with Gasteiger partial charge in [-0.3, -0.25) is 0 Å². The maximum Gasteiger partial charge on any atom is 0.127 e. The lowest BCUT2D eigenvalue weighted by Crippen LogP contribution is -2.02. The Bertz CT molecular complexity index is 617. The first-order valence-corrected chi connectivity index (χ1v) is 5.97. The molecule has 1 heterocycles. The Morgan fingerprint density at radius 3 is 2.89 bits per heavy atom. The second-order valence-electron chi connectivity index (χ2n) is 4.20. The van der Waals surface area contributed by atoms with E-state index in [-0.39, 0.29) is 0 Å². The monoisotopic (exact) mass is 253 g/mol. The highest BCUT2D eigenvalue weighted by Gasteiger charge is 2.00. The second-order valence-corrected chi connectivity index (χ2v) is 4.20. The molecule has 0 aliphatic carbocycles. The van der Waals surface area contributed by atoms with Gasteiger partial charge in [0.2, 0.25) is 0 Å². The van der Waals surface area contributed by atoms with E-state index in [0.29, 0.717) is 17.9 Å². The number of nitrogens with one attached hydrogen (secondary N) is 1. The second kappa shape index (κ2) is 5.87. The minimum atomic E-state index is 0.612. The molecule has 0 atom stereocenters. The van der Waals surface area contributed by atoms with Crippen LogP contribution in [0.1, 0.15) is 16.8 Å². The van der Waals surface area contributed by atoms with E-state index in [1.165, 1.54) is 0 Å². The fourth-order valence-corrected chi connectivity index (χ4v) is 1.80. The summed E-state index contributed by atoms with van der Waals surface area (Å²) in [5.41, 5.74) is 2.54. The highest BCUT2D eigenvalue weighted by atomic mass is 16.5. The number of nitrogens with zero attached hydrogens (tertiary/aromatic N) is 2. The molecule has 4 nitrogen and oxygen atoms in total. The molecule has 1 aromatic carbocycles. The number of ether oxygens (including phenoxy) is 1. The molecule has 4 heteroatoms. The summed E-state index contributed by atoms with van der Waals surface area (Å²) in [5, 5.41) is 12.1. The number of anilines is 1. The van der Waals surface area contributed by atoms with Gasteiger partial charge in [-0.1, -0.05) is 12.1 Å². The first kappa shape index (κ1) is 12.9. The molecule has 19 heavy (non-hydrogen) atoms. The van der Waals surface area contributed by atoms with Gasteiger partial charge in [0.1, 0.15) is 11.6 Å². The molecule has 2 rings (SSSR count). The van der Waals surface area contributed by atoms with Crippen molar-refractivity contribution in [3.63, 3.8) is 0 Å². The Morgan fingerprint density at radius 1 is 1.32 bits per heavy atom. The van der Waals surface area contributed by atoms with Crippen LogP contribution >= 0.6 is 0 Å². The number of hydrogen-bond donors (Lipinski definition) is 1. The van der Waals surface area contributed by atoms with Crippen molar-refractivity contribution in [2.24, 2.45) is 0 Å². The van der Waals surface area contributed by atoms with Gasteiger partial charge in [-0.15, -0.1) is 0 Å². The minimum Gasteiger partial charge on any atom is -0.497 e. The molecule has 0 unspecified atom stereocenters. The Hall–Kier alpha value is -2.54. The van der Waals surface area contributed by atoms with Crippen LogP contribution in [0.5, 0.6) is 5.75 Å². The number of rotatable bonds is 4. The number of hydrogen-bond acceptors (Lipinski definition) is 4. The average molecular weight is 253 g/mol. The third-order valence-corrected chi connectivity index (χ3v) is 2.69. The quantitative estimate of drug-likeness (QED) is 0.910. The van der Waals surface area contributed by atoms with Gasteiger partial charge in [0.15, 0.2) is 0 Å². The van der Waals surface area contributed by atoms with E-state index in [1.54, 1.807) is 19.2 Å². The van der Waals surface area contributed by atoms with Crippen molar-refractivity contribution in [2.45, 2.75) is 13.5 Å². The van der Waals surface area contributed by atoms with E-state index < -0.39 is 0 Å². The third kappa shape index (κ3) is 3.46. The molecule has 0 aliphatic heterocycles. The Kier molecular flexibility index (Phi) is 3.99. The van der Waals surface area contributed by atoms with E-state index >= 15 is 0 Å². The fourth-order valence-electron chi connectivity index (χ4n) is 1.80. The van der Waals surface area contributed by atoms with Crippen LogP contribution in [0, 0.1) is 18.3 Å². The third-order valence-electron chi connectivity index (χ3n) is 2.69. The van der Waals surface area contributed by atoms with Crippen LogP contribution < -0.4 is 10.1 Å². The van der Waals surface area contributed by atoms with Gasteiger partial charge < -0.3 is 10.1 Å². The fraction of sp³-hybridized carbons (Fsp3) is 0.200. The van der Waals surface area contributed by atoms with Crippen LogP contribution in [0.15, 0.2) is 36.4 Å². The molecule has 0 bridgehead atoms. The molecule has 2 aromatic rings. The molecule has 1 N–H and O–H groups in total. The normalized spacial score (nSPS) is 9.74. The molecule has 0 saturated carbocycles. The predicted octanol–water partition coefficient (Wildman–Crippen LogP) is 2.88. The Labute approximate surface area is 112 Å². The largest absolute Gasteiger partial charge is 0.497 e. The van der Waals surface area contributed by atoms with Gasteiger partial charge in [-0.25, -0.2) is 4.98 Å². The number of nitriles is 1. The highest BCUT2D eigenvalue weighted by molar-refractivity contribution is 5.45. The molecule has 96 valence electrons. The first-order valence-electron chi connectivity index (χ1n) is 5.97. The molecule has 0 amide bonds. The molecular weight excluding hydrogens is 238 g/mol. The zero-order valence-electron chi connectivity index (χ0n) is 11.0. The van der Waals surface area contributed by atoms with Crippen molar-refractivity contribution in [3.05, 3.63) is 53.2 Å². The minimum absolute atomic E-state index is 0.612. The topological polar surface area (TPSA) is 57.9 Å². The van der Waals surface area contributed by atoms with Crippen molar-refractivity contribution in [1.82, 2.24) is 4.98 Å². The summed E-state index contributed by atoms with van der Waals surface area (Å²) in [6, 6.07) is 13.5. The number of pyridine rings is 1. The molecule has 0 radical (unpaired) electrons. The smallest absolute Gasteiger partial charge is 0.127 e. The van der Waals surface area contributed by atoms with Crippen molar-refractivity contribution in [3.8, 4) is 11.8 Å². The van der Waals surface area contributed by atoms with E-state index in [2.05, 4.69) is 16.4 Å². The molecular formula is C15H15N3O. The number of aromatic nitrogens is 1. The number of benzene rings is 1. The molecule has 1 aromatic heterocycles. The zero-order chi connectivity index (χ0) is 13.7. The summed E-state index contributed by atoms with van der Waals surface area (Å²) >= 11 is 0. The molecule has 0 aliphatic rings. The van der Waals surface area contributed by atoms with Crippen molar-refractivity contribution in [1.29, 1.82) is 5.26 Å². The predicted molar refractivity (Wildman–Crippen MR) is 74.0 cm³/mol. The summed E-state index contributed by atoms with van der Waals surface area (Å²) in [7, 11) is 1.65. The van der Waals surface area contributed by atoms with Gasteiger partial charge in [0.25, 0.3) is 0 Å². The number of methoxy groups -OCH3 is 1. The van der Waals surface area contributed by atoms with E-state index in [0.717, 1.165) is 17.0 Å². The summed E-state index contributed by atoms with van der Waals surface area (Å²) in [4.78, 5) is 4.35. The Morgan fingerprint density at radius 2 is 2.16 bits per heavy atom. The Balaban J connectivity index is 2.10. The van der Waals surface area contributed by atoms with Crippen molar-refractivity contribution < 1.29 is 4.74 Å². The van der Waals surface area contributed by atoms with Crippen LogP contribution in [0.3, 0.4) is 0 Å². The highest BCUT2D eigenvalue weighted by Crippen LogP contribution is 2.15. The van der Waals surface area contributed by atoms with Gasteiger partial charge in [0, 0.05) is 12.2 Å². The SMILES string of the molecule is COc1cccc(CNc2cc(C#N)cc(C)n2)c1. The summed E-state index contributed by atoms with van der Waals surface area (Å²) in [5.74, 6) is 1.54. The van der Waals surface area contributed by atoms with Crippen LogP contribution in [0.4, 0.5) is 5.82 Å². The maximum atomic E-state index is 8.92. The molecule has 0 spiro atoms. The van der Waals surface area contributed by atoms with Crippen LogP contribution in [-0.2, 0) is 6.54 Å². The van der Waals surface area contributed by atoms with Crippen LogP contribution in [0.2, 0.25) is 0 Å². The first-order chi connectivity index (χ1) is 9.21. The van der Waals surface area contributed by atoms with E-state index in [4.69, 9.17) is 10.00 Å². The van der Waals surface area contributed by atoms with Crippen molar-refractivity contribution in [2.75, 3.05) is 12.4 Å². The summed E-state index contributed by atoms with van der Waals surface area (Å²) in [6.07, 6.45) is 0. The molecule has 0 saturated heterocycles. The van der Waals surface area contributed by atoms with Crippen LogP contribution in [0.25, 0.3) is 0 Å². The lowest BCUT2D eigenvalue weighted by Gasteiger charge is -2.08. The van der Waals surface area contributed by atoms with Gasteiger partial charge in [0.05, 0.1) is 18.7 Å². The lowest BCUT2D eigenvalue weighted by molar-refractivity contribution is 0.414. The van der Waals surface area contributed by atoms with Crippen LogP contribution in [-0.4, -0.2) is 12.1 Å². The summed E-state index contributed by atoms with van der Waals surface area (Å²) in [6.45, 7) is 2.51. The van der Waals surface area contributed by atoms with Gasteiger partial charge in [-0.2, -0.15) is 5.26 Å². The average Bonchev–Trinajstić information content (AvgIpc) is 2.44. The van der Waals surface area contributed by atoms with E-state index in [1.807, 2.05) is 31.2 Å². The standard InChI is InChI=1S/C15H15N3O/c1-11-6-13(9-16)8-15(18-11)17-10-12-4-3-5-14(7-12)19-2/h3-8H,10H2,1-2H3,(H,17,18). The molecule has 0 fully saturated rings. The lowest BCUT2D eigenvalue weighted by atomic mass is 10.2. The van der Waals surface area contributed by atoms with Gasteiger partial charge in [-0.05, 0) is 36.8 Å². The van der Waals surface area contributed by atoms with E-state index in [9.17, 15) is 0 Å². The number of aryl methyl sites for hydroxylation is 1. The van der Waals surface area contributed by atoms with Gasteiger partial charge >= 0.3 is 0 Å². The zero-order valence-corrected chi connectivity index (χ0v) is 11.0. The van der Waals surface area contributed by atoms with Crippen molar-refractivity contribution >= 4 is 5.82 Å².